The van der Waals surface area contributed by atoms with Crippen LogP contribution < -0.4 is 16.5 Å². The molecular weight excluding hydrogens is 400 g/mol. The van der Waals surface area contributed by atoms with E-state index in [2.05, 4.69) is 46.8 Å². The average Bonchev–Trinajstić information content (AvgIpc) is 2.66. The Hall–Kier alpha value is -3.12. The molecule has 0 aromatic heterocycles. The Balaban J connectivity index is 2.59. The molecule has 0 saturated carbocycles. The summed E-state index contributed by atoms with van der Waals surface area (Å²) in [6.45, 7) is 8.20. The smallest absolute Gasteiger partial charge is 0.308 e. The minimum atomic E-state index is -1.67. The fourth-order valence-corrected chi connectivity index (χ4v) is 2.89. The molecule has 2 amide bonds. The molecule has 30 heavy (non-hydrogen) atoms. The third kappa shape index (κ3) is 11.0. The summed E-state index contributed by atoms with van der Waals surface area (Å²) in [7, 11) is -1.67. The number of amides is 2. The van der Waals surface area contributed by atoms with Crippen LogP contribution in [0.3, 0.4) is 0 Å². The molecule has 1 aromatic carbocycles. The normalized spacial score (nSPS) is 11.9. The van der Waals surface area contributed by atoms with Crippen molar-refractivity contribution in [2.45, 2.75) is 51.9 Å². The van der Waals surface area contributed by atoms with E-state index >= 15 is 0 Å². The molecule has 8 nitrogen and oxygen atoms in total. The van der Waals surface area contributed by atoms with Crippen LogP contribution in [0.25, 0.3) is 0 Å². The van der Waals surface area contributed by atoms with Gasteiger partial charge in [-0.05, 0) is 24.6 Å². The first-order chi connectivity index (χ1) is 14.1. The van der Waals surface area contributed by atoms with Gasteiger partial charge in [-0.2, -0.15) is 5.10 Å². The van der Waals surface area contributed by atoms with Crippen LogP contribution in [0.5, 0.6) is 0 Å². The van der Waals surface area contributed by atoms with Crippen molar-refractivity contribution < 1.29 is 19.1 Å². The topological polar surface area (TPSA) is 123 Å². The highest BCUT2D eigenvalue weighted by Crippen LogP contribution is 2.09. The van der Waals surface area contributed by atoms with Gasteiger partial charge in [0.1, 0.15) is 14.1 Å². The third-order valence-electron chi connectivity index (χ3n) is 3.63. The zero-order valence-electron chi connectivity index (χ0n) is 18.0. The Morgan fingerprint density at radius 2 is 1.80 bits per heavy atom. The number of rotatable bonds is 9. The molecule has 0 saturated heterocycles. The summed E-state index contributed by atoms with van der Waals surface area (Å²) in [6, 6.07) is 6.32. The van der Waals surface area contributed by atoms with Crippen molar-refractivity contribution in [2.75, 3.05) is 11.9 Å². The number of anilines is 1. The average molecular weight is 431 g/mol. The zero-order chi connectivity index (χ0) is 22.6. The summed E-state index contributed by atoms with van der Waals surface area (Å²) in [4.78, 5) is 36.1. The largest absolute Gasteiger partial charge is 0.466 e. The second-order valence-electron chi connectivity index (χ2n) is 7.60. The zero-order valence-corrected chi connectivity index (χ0v) is 19.0. The molecule has 4 N–H and O–H groups in total. The molecule has 1 aromatic rings. The van der Waals surface area contributed by atoms with E-state index in [1.807, 2.05) is 0 Å². The standard InChI is InChI=1S/C21H30N4O4Si/c1-5-29-21(28)14-18(12-13-30(2,3)4)25-20(27)11-10-19(26)24-17-8-6-16(7-9-17)15-23-22/h6-9,15,18H,5,10-11,14,22H2,1-4H3,(H,24,26)(H,25,27). The van der Waals surface area contributed by atoms with Gasteiger partial charge < -0.3 is 21.2 Å². The van der Waals surface area contributed by atoms with Crippen molar-refractivity contribution in [1.29, 1.82) is 0 Å². The molecule has 0 aliphatic carbocycles. The summed E-state index contributed by atoms with van der Waals surface area (Å²) >= 11 is 0. The second-order valence-corrected chi connectivity index (χ2v) is 12.3. The second kappa shape index (κ2) is 12.4. The van der Waals surface area contributed by atoms with Crippen LogP contribution in [0, 0.1) is 11.5 Å². The molecule has 0 aliphatic heterocycles. The summed E-state index contributed by atoms with van der Waals surface area (Å²) in [5.74, 6) is 7.01. The lowest BCUT2D eigenvalue weighted by Crippen LogP contribution is -2.36. The minimum absolute atomic E-state index is 0.00538. The predicted molar refractivity (Wildman–Crippen MR) is 120 cm³/mol. The maximum atomic E-state index is 12.3. The molecule has 0 radical (unpaired) electrons. The van der Waals surface area contributed by atoms with Gasteiger partial charge in [0.05, 0.1) is 19.2 Å². The van der Waals surface area contributed by atoms with Gasteiger partial charge in [-0.1, -0.05) is 37.7 Å². The molecule has 0 spiro atoms. The lowest BCUT2D eigenvalue weighted by molar-refractivity contribution is -0.143. The van der Waals surface area contributed by atoms with Crippen molar-refractivity contribution in [3.8, 4) is 11.5 Å². The Morgan fingerprint density at radius 3 is 2.37 bits per heavy atom. The quantitative estimate of drug-likeness (QED) is 0.138. The number of nitrogens with two attached hydrogens (primary N) is 1. The fraction of sp³-hybridized carbons (Fsp3) is 0.429. The monoisotopic (exact) mass is 430 g/mol. The van der Waals surface area contributed by atoms with Crippen molar-refractivity contribution in [1.82, 2.24) is 5.32 Å². The van der Waals surface area contributed by atoms with Crippen molar-refractivity contribution >= 4 is 37.8 Å². The highest BCUT2D eigenvalue weighted by atomic mass is 28.3. The van der Waals surface area contributed by atoms with E-state index in [-0.39, 0.29) is 37.7 Å². The SMILES string of the molecule is CCOC(=O)CC(C#C[Si](C)(C)C)NC(=O)CCC(=O)Nc1ccc(C=NN)cc1. The Bertz CT molecular complexity index is 820. The number of hydrogen-bond acceptors (Lipinski definition) is 6. The van der Waals surface area contributed by atoms with Gasteiger partial charge in [-0.25, -0.2) is 0 Å². The third-order valence-corrected chi connectivity index (χ3v) is 4.52. The first-order valence-electron chi connectivity index (χ1n) is 9.73. The lowest BCUT2D eigenvalue weighted by Gasteiger charge is -2.14. The number of esters is 1. The van der Waals surface area contributed by atoms with Crippen LogP contribution in [0.15, 0.2) is 29.4 Å². The maximum absolute atomic E-state index is 12.3. The van der Waals surface area contributed by atoms with Crippen LogP contribution in [-0.2, 0) is 19.1 Å². The van der Waals surface area contributed by atoms with E-state index in [4.69, 9.17) is 10.6 Å². The first kappa shape index (κ1) is 24.9. The predicted octanol–water partition coefficient (Wildman–Crippen LogP) is 2.02. The van der Waals surface area contributed by atoms with E-state index < -0.39 is 20.1 Å². The fourth-order valence-electron chi connectivity index (χ4n) is 2.28. The van der Waals surface area contributed by atoms with Gasteiger partial charge in [0.25, 0.3) is 0 Å². The Kier molecular flexibility index (Phi) is 10.3. The van der Waals surface area contributed by atoms with E-state index in [1.165, 1.54) is 6.21 Å². The number of hydrazone groups is 1. The maximum Gasteiger partial charge on any atom is 0.308 e. The van der Waals surface area contributed by atoms with E-state index in [0.717, 1.165) is 5.56 Å². The lowest BCUT2D eigenvalue weighted by atomic mass is 10.2. The van der Waals surface area contributed by atoms with Crippen molar-refractivity contribution in [2.24, 2.45) is 10.9 Å². The number of benzene rings is 1. The van der Waals surface area contributed by atoms with Crippen LogP contribution >= 0.6 is 0 Å². The molecule has 1 atom stereocenters. The molecule has 162 valence electrons. The molecule has 0 heterocycles. The highest BCUT2D eigenvalue weighted by Gasteiger charge is 2.17. The van der Waals surface area contributed by atoms with Gasteiger partial charge in [0.15, 0.2) is 0 Å². The van der Waals surface area contributed by atoms with Gasteiger partial charge in [0.2, 0.25) is 11.8 Å². The van der Waals surface area contributed by atoms with Crippen LogP contribution in [0.1, 0.15) is 31.7 Å². The van der Waals surface area contributed by atoms with Crippen LogP contribution in [-0.4, -0.2) is 44.7 Å². The molecule has 1 rings (SSSR count). The Labute approximate surface area is 178 Å². The number of carbonyl (C=O) groups is 3. The van der Waals surface area contributed by atoms with Gasteiger partial charge in [-0.15, -0.1) is 5.54 Å². The van der Waals surface area contributed by atoms with E-state index in [1.54, 1.807) is 31.2 Å². The van der Waals surface area contributed by atoms with Crippen molar-refractivity contribution in [3.63, 3.8) is 0 Å². The van der Waals surface area contributed by atoms with Gasteiger partial charge in [0, 0.05) is 18.5 Å². The van der Waals surface area contributed by atoms with Gasteiger partial charge >= 0.3 is 5.97 Å². The molecule has 9 heteroatoms. The van der Waals surface area contributed by atoms with Crippen LogP contribution in [0.4, 0.5) is 5.69 Å². The number of nitrogens with zero attached hydrogens (tertiary/aromatic N) is 1. The molecule has 0 aliphatic rings. The summed E-state index contributed by atoms with van der Waals surface area (Å²) in [5.41, 5.74) is 4.57. The molecule has 0 fully saturated rings. The van der Waals surface area contributed by atoms with Crippen LogP contribution in [0.2, 0.25) is 19.6 Å². The number of carbonyl (C=O) groups excluding carboxylic acids is 3. The van der Waals surface area contributed by atoms with E-state index in [0.29, 0.717) is 5.69 Å². The number of ether oxygens (including phenoxy) is 1. The molecular formula is C21H30N4O4Si. The summed E-state index contributed by atoms with van der Waals surface area (Å²) in [5, 5.41) is 8.88. The minimum Gasteiger partial charge on any atom is -0.466 e. The highest BCUT2D eigenvalue weighted by molar-refractivity contribution is 6.83. The number of hydrogen-bond donors (Lipinski definition) is 3. The summed E-state index contributed by atoms with van der Waals surface area (Å²) < 4.78 is 4.95. The van der Waals surface area contributed by atoms with E-state index in [9.17, 15) is 14.4 Å². The van der Waals surface area contributed by atoms with Gasteiger partial charge in [-0.3, -0.25) is 14.4 Å². The first-order valence-corrected chi connectivity index (χ1v) is 13.2. The summed E-state index contributed by atoms with van der Waals surface area (Å²) in [6.07, 6.45) is 1.46. The molecule has 0 bridgehead atoms. The number of nitrogens with one attached hydrogen (secondary N) is 2. The molecule has 1 unspecified atom stereocenters. The van der Waals surface area contributed by atoms with Crippen molar-refractivity contribution in [3.05, 3.63) is 29.8 Å². The Morgan fingerprint density at radius 1 is 1.17 bits per heavy atom.